The van der Waals surface area contributed by atoms with Gasteiger partial charge in [-0.2, -0.15) is 5.10 Å². The smallest absolute Gasteiger partial charge is 0.199 e. The summed E-state index contributed by atoms with van der Waals surface area (Å²) in [6.07, 6.45) is 1.72. The van der Waals surface area contributed by atoms with E-state index in [0.717, 1.165) is 24.9 Å². The Morgan fingerprint density at radius 3 is 2.91 bits per heavy atom. The second-order valence-electron chi connectivity index (χ2n) is 5.32. The number of hydrogen-bond donors (Lipinski definition) is 1. The maximum Gasteiger partial charge on any atom is 0.199 e. The number of rotatable bonds is 3. The van der Waals surface area contributed by atoms with E-state index in [1.807, 2.05) is 11.0 Å². The fourth-order valence-electron chi connectivity index (χ4n) is 2.80. The molecule has 0 saturated carbocycles. The van der Waals surface area contributed by atoms with Gasteiger partial charge in [-0.25, -0.2) is 9.07 Å². The summed E-state index contributed by atoms with van der Waals surface area (Å²) in [4.78, 5) is 1.91. The molecule has 118 valence electrons. The van der Waals surface area contributed by atoms with Gasteiger partial charge in [-0.3, -0.25) is 0 Å². The lowest BCUT2D eigenvalue weighted by molar-refractivity contribution is 0.265. The first-order chi connectivity index (χ1) is 10.5. The van der Waals surface area contributed by atoms with Gasteiger partial charge < -0.3 is 14.6 Å². The van der Waals surface area contributed by atoms with Crippen LogP contribution in [0.2, 0.25) is 5.02 Å². The molecule has 1 aromatic heterocycles. The van der Waals surface area contributed by atoms with Gasteiger partial charge in [-0.15, -0.1) is 0 Å². The first-order valence-corrected chi connectivity index (χ1v) is 7.76. The van der Waals surface area contributed by atoms with Crippen molar-refractivity contribution in [1.82, 2.24) is 14.3 Å². The zero-order valence-electron chi connectivity index (χ0n) is 12.1. The van der Waals surface area contributed by atoms with E-state index in [4.69, 9.17) is 23.8 Å². The predicted octanol–water partition coefficient (Wildman–Crippen LogP) is 2.65. The van der Waals surface area contributed by atoms with Crippen LogP contribution in [0.3, 0.4) is 0 Å². The van der Waals surface area contributed by atoms with E-state index >= 15 is 0 Å². The van der Waals surface area contributed by atoms with Crippen LogP contribution in [0.1, 0.15) is 17.8 Å². The summed E-state index contributed by atoms with van der Waals surface area (Å²) < 4.78 is 18.1. The van der Waals surface area contributed by atoms with Crippen molar-refractivity contribution in [2.75, 3.05) is 11.4 Å². The molecule has 1 aromatic carbocycles. The molecule has 0 spiro atoms. The Morgan fingerprint density at radius 2 is 2.23 bits per heavy atom. The van der Waals surface area contributed by atoms with Gasteiger partial charge in [0.15, 0.2) is 10.6 Å². The highest BCUT2D eigenvalue weighted by atomic mass is 35.5. The SMILES string of the molecule is Cn1c(CO)nn(CN2CCCc3cc(Cl)cc(F)c32)c1=S. The molecule has 1 aliphatic heterocycles. The van der Waals surface area contributed by atoms with Crippen LogP contribution in [0.25, 0.3) is 0 Å². The van der Waals surface area contributed by atoms with Gasteiger partial charge in [0.1, 0.15) is 19.1 Å². The van der Waals surface area contributed by atoms with Crippen LogP contribution in [0, 0.1) is 10.6 Å². The summed E-state index contributed by atoms with van der Waals surface area (Å²) in [5.41, 5.74) is 1.47. The van der Waals surface area contributed by atoms with Crippen LogP contribution in [0.5, 0.6) is 0 Å². The van der Waals surface area contributed by atoms with E-state index in [1.54, 1.807) is 16.3 Å². The number of aliphatic hydroxyl groups is 1. The summed E-state index contributed by atoms with van der Waals surface area (Å²) in [7, 11) is 1.75. The molecule has 0 amide bonds. The van der Waals surface area contributed by atoms with E-state index in [2.05, 4.69) is 5.10 Å². The number of aryl methyl sites for hydroxylation is 1. The molecular weight excluding hydrogens is 327 g/mol. The topological polar surface area (TPSA) is 46.2 Å². The Morgan fingerprint density at radius 1 is 1.45 bits per heavy atom. The minimum atomic E-state index is -0.327. The first-order valence-electron chi connectivity index (χ1n) is 6.97. The fraction of sp³-hybridized carbons (Fsp3) is 0.429. The standard InChI is InChI=1S/C14H16ClFN4OS/c1-18-12(7-21)17-20(14(18)22)8-19-4-2-3-9-5-10(15)6-11(16)13(9)19/h5-6,21H,2-4,7-8H2,1H3. The van der Waals surface area contributed by atoms with Gasteiger partial charge in [-0.05, 0) is 42.8 Å². The Hall–Kier alpha value is -1.44. The molecule has 0 radical (unpaired) electrons. The summed E-state index contributed by atoms with van der Waals surface area (Å²) in [5.74, 6) is 0.158. The first kappa shape index (κ1) is 15.5. The molecule has 0 fully saturated rings. The van der Waals surface area contributed by atoms with Gasteiger partial charge in [0.25, 0.3) is 0 Å². The van der Waals surface area contributed by atoms with Gasteiger partial charge in [0, 0.05) is 18.6 Å². The van der Waals surface area contributed by atoms with Crippen LogP contribution in [-0.4, -0.2) is 26.0 Å². The molecule has 2 heterocycles. The number of fused-ring (bicyclic) bond motifs is 1. The van der Waals surface area contributed by atoms with Gasteiger partial charge in [-0.1, -0.05) is 11.6 Å². The molecular formula is C14H16ClFN4OS. The summed E-state index contributed by atoms with van der Waals surface area (Å²) in [5, 5.41) is 14.0. The lowest BCUT2D eigenvalue weighted by atomic mass is 10.0. The molecule has 0 aliphatic carbocycles. The van der Waals surface area contributed by atoms with Gasteiger partial charge >= 0.3 is 0 Å². The van der Waals surface area contributed by atoms with Crippen molar-refractivity contribution in [3.05, 3.63) is 39.1 Å². The molecule has 3 rings (SSSR count). The number of anilines is 1. The van der Waals surface area contributed by atoms with Crippen molar-refractivity contribution in [3.63, 3.8) is 0 Å². The summed E-state index contributed by atoms with van der Waals surface area (Å²) in [6.45, 7) is 0.879. The fourth-order valence-corrected chi connectivity index (χ4v) is 3.23. The Bertz CT molecular complexity index is 773. The van der Waals surface area contributed by atoms with E-state index in [-0.39, 0.29) is 12.4 Å². The molecule has 0 saturated heterocycles. The van der Waals surface area contributed by atoms with Crippen LogP contribution >= 0.6 is 23.8 Å². The van der Waals surface area contributed by atoms with Crippen molar-refractivity contribution >= 4 is 29.5 Å². The highest BCUT2D eigenvalue weighted by Gasteiger charge is 2.22. The second kappa shape index (κ2) is 5.98. The number of hydrogen-bond acceptors (Lipinski definition) is 4. The summed E-state index contributed by atoms with van der Waals surface area (Å²) >= 11 is 11.2. The highest BCUT2D eigenvalue weighted by Crippen LogP contribution is 2.33. The second-order valence-corrected chi connectivity index (χ2v) is 6.12. The molecule has 1 N–H and O–H groups in total. The number of nitrogens with zero attached hydrogens (tertiary/aromatic N) is 4. The molecule has 5 nitrogen and oxygen atoms in total. The van der Waals surface area contributed by atoms with Gasteiger partial charge in [0.05, 0.1) is 5.69 Å². The molecule has 0 unspecified atom stereocenters. The number of aromatic nitrogens is 3. The van der Waals surface area contributed by atoms with E-state index in [1.165, 1.54) is 6.07 Å². The normalized spacial score (nSPS) is 14.3. The highest BCUT2D eigenvalue weighted by molar-refractivity contribution is 7.71. The summed E-state index contributed by atoms with van der Waals surface area (Å²) in [6, 6.07) is 3.14. The van der Waals surface area contributed by atoms with Crippen molar-refractivity contribution in [2.24, 2.45) is 7.05 Å². The Balaban J connectivity index is 1.97. The predicted molar refractivity (Wildman–Crippen MR) is 85.0 cm³/mol. The molecule has 0 bridgehead atoms. The van der Waals surface area contributed by atoms with E-state index in [9.17, 15) is 9.50 Å². The molecule has 2 aromatic rings. The number of aliphatic hydroxyl groups excluding tert-OH is 1. The third kappa shape index (κ3) is 2.64. The van der Waals surface area contributed by atoms with Crippen LogP contribution in [0.15, 0.2) is 12.1 Å². The minimum Gasteiger partial charge on any atom is -0.388 e. The third-order valence-corrected chi connectivity index (χ3v) is 4.58. The quantitative estimate of drug-likeness (QED) is 0.871. The molecule has 22 heavy (non-hydrogen) atoms. The molecule has 8 heteroatoms. The minimum absolute atomic E-state index is 0.187. The zero-order valence-corrected chi connectivity index (χ0v) is 13.7. The number of benzene rings is 1. The Kier molecular flexibility index (Phi) is 4.20. The maximum absolute atomic E-state index is 14.3. The maximum atomic E-state index is 14.3. The average molecular weight is 343 g/mol. The van der Waals surface area contributed by atoms with Crippen LogP contribution in [-0.2, 0) is 26.7 Å². The van der Waals surface area contributed by atoms with Crippen molar-refractivity contribution in [3.8, 4) is 0 Å². The zero-order chi connectivity index (χ0) is 15.9. The third-order valence-electron chi connectivity index (χ3n) is 3.87. The van der Waals surface area contributed by atoms with Crippen molar-refractivity contribution < 1.29 is 9.50 Å². The lowest BCUT2D eigenvalue weighted by Crippen LogP contribution is -2.33. The molecule has 0 atom stereocenters. The van der Waals surface area contributed by atoms with Crippen molar-refractivity contribution in [2.45, 2.75) is 26.1 Å². The average Bonchev–Trinajstić information content (AvgIpc) is 2.74. The Labute approximate surface area is 137 Å². The van der Waals surface area contributed by atoms with E-state index in [0.29, 0.717) is 28.0 Å². The molecule has 1 aliphatic rings. The van der Waals surface area contributed by atoms with Crippen LogP contribution < -0.4 is 4.90 Å². The van der Waals surface area contributed by atoms with E-state index < -0.39 is 0 Å². The number of halogens is 2. The van der Waals surface area contributed by atoms with Crippen LogP contribution in [0.4, 0.5) is 10.1 Å². The van der Waals surface area contributed by atoms with Gasteiger partial charge in [0.2, 0.25) is 0 Å². The van der Waals surface area contributed by atoms with Crippen molar-refractivity contribution in [1.29, 1.82) is 0 Å². The monoisotopic (exact) mass is 342 g/mol. The lowest BCUT2D eigenvalue weighted by Gasteiger charge is -2.31. The largest absolute Gasteiger partial charge is 0.388 e.